The van der Waals surface area contributed by atoms with Crippen LogP contribution in [0.3, 0.4) is 0 Å². The number of amides is 1. The molecule has 5 heteroatoms. The lowest BCUT2D eigenvalue weighted by molar-refractivity contribution is -0.116. The molecule has 0 radical (unpaired) electrons. The molecule has 1 aliphatic rings. The molecule has 0 spiro atoms. The van der Waals surface area contributed by atoms with Crippen LogP contribution in [0.1, 0.15) is 11.1 Å². The number of nitrogens with one attached hydrogen (secondary N) is 1. The van der Waals surface area contributed by atoms with Crippen molar-refractivity contribution >= 4 is 33.3 Å². The van der Waals surface area contributed by atoms with Gasteiger partial charge in [-0.3, -0.25) is 9.69 Å². The zero-order valence-corrected chi connectivity index (χ0v) is 12.6. The summed E-state index contributed by atoms with van der Waals surface area (Å²) >= 11 is 3.35. The average molecular weight is 332 g/mol. The van der Waals surface area contributed by atoms with Crippen LogP contribution in [0.5, 0.6) is 0 Å². The van der Waals surface area contributed by atoms with Gasteiger partial charge in [0.2, 0.25) is 5.91 Å². The van der Waals surface area contributed by atoms with E-state index in [1.807, 2.05) is 31.3 Å². The van der Waals surface area contributed by atoms with Crippen molar-refractivity contribution in [3.63, 3.8) is 0 Å². The lowest BCUT2D eigenvalue weighted by Crippen LogP contribution is -2.21. The second-order valence-corrected chi connectivity index (χ2v) is 5.65. The Hall–Kier alpha value is -1.72. The number of nitrogens with zero attached hydrogens (tertiary/aromatic N) is 2. The van der Waals surface area contributed by atoms with E-state index in [0.717, 1.165) is 22.3 Å². The molecule has 0 atom stereocenters. The molecule has 4 nitrogen and oxygen atoms in total. The number of fused-ring (bicyclic) bond motifs is 1. The van der Waals surface area contributed by atoms with Crippen LogP contribution >= 0.6 is 15.9 Å². The molecule has 2 heterocycles. The smallest absolute Gasteiger partial charge is 0.237 e. The van der Waals surface area contributed by atoms with Crippen LogP contribution in [-0.2, 0) is 17.8 Å². The standard InChI is InChI=1S/C15H14BrN3O/c1-17-8-10-2-4-13-11(6-10)7-15(20)19(13)14-5-3-12(16)9-18-14/h2-6,9,17H,7-8H2,1H3. The Bertz CT molecular complexity index is 655. The summed E-state index contributed by atoms with van der Waals surface area (Å²) in [6, 6.07) is 9.86. The fourth-order valence-corrected chi connectivity index (χ4v) is 2.67. The van der Waals surface area contributed by atoms with E-state index in [-0.39, 0.29) is 5.91 Å². The van der Waals surface area contributed by atoms with Crippen molar-refractivity contribution in [1.29, 1.82) is 0 Å². The number of rotatable bonds is 3. The molecule has 20 heavy (non-hydrogen) atoms. The highest BCUT2D eigenvalue weighted by Crippen LogP contribution is 2.35. The van der Waals surface area contributed by atoms with Crippen molar-refractivity contribution < 1.29 is 4.79 Å². The fraction of sp³-hybridized carbons (Fsp3) is 0.200. The number of pyridine rings is 1. The Labute approximate surface area is 126 Å². The first kappa shape index (κ1) is 13.3. The van der Waals surface area contributed by atoms with Gasteiger partial charge >= 0.3 is 0 Å². The highest BCUT2D eigenvalue weighted by atomic mass is 79.9. The normalized spacial score (nSPS) is 13.7. The lowest BCUT2D eigenvalue weighted by atomic mass is 10.1. The lowest BCUT2D eigenvalue weighted by Gasteiger charge is -2.16. The van der Waals surface area contributed by atoms with E-state index >= 15 is 0 Å². The van der Waals surface area contributed by atoms with Crippen LogP contribution in [0.15, 0.2) is 41.0 Å². The van der Waals surface area contributed by atoms with Gasteiger partial charge in [0, 0.05) is 17.2 Å². The second-order valence-electron chi connectivity index (χ2n) is 4.73. The molecule has 0 bridgehead atoms. The predicted octanol–water partition coefficient (Wildman–Crippen LogP) is 2.78. The number of hydrogen-bond acceptors (Lipinski definition) is 3. The van der Waals surface area contributed by atoms with Gasteiger partial charge in [0.05, 0.1) is 12.1 Å². The minimum Gasteiger partial charge on any atom is -0.316 e. The van der Waals surface area contributed by atoms with Crippen molar-refractivity contribution in [2.45, 2.75) is 13.0 Å². The van der Waals surface area contributed by atoms with Crippen LogP contribution in [0.4, 0.5) is 11.5 Å². The third kappa shape index (κ3) is 2.34. The Balaban J connectivity index is 1.99. The van der Waals surface area contributed by atoms with Crippen molar-refractivity contribution in [1.82, 2.24) is 10.3 Å². The maximum atomic E-state index is 12.2. The fourth-order valence-electron chi connectivity index (χ4n) is 2.44. The molecule has 102 valence electrons. The Morgan fingerprint density at radius 3 is 2.90 bits per heavy atom. The third-order valence-corrected chi connectivity index (χ3v) is 3.77. The highest BCUT2D eigenvalue weighted by molar-refractivity contribution is 9.10. The quantitative estimate of drug-likeness (QED) is 0.940. The second kappa shape index (κ2) is 5.34. The number of benzene rings is 1. The predicted molar refractivity (Wildman–Crippen MR) is 82.0 cm³/mol. The molecule has 0 saturated heterocycles. The summed E-state index contributed by atoms with van der Waals surface area (Å²) < 4.78 is 0.900. The summed E-state index contributed by atoms with van der Waals surface area (Å²) in [6.45, 7) is 0.804. The third-order valence-electron chi connectivity index (χ3n) is 3.30. The molecule has 2 aromatic rings. The zero-order valence-electron chi connectivity index (χ0n) is 11.1. The highest BCUT2D eigenvalue weighted by Gasteiger charge is 2.29. The number of carbonyl (C=O) groups is 1. The van der Waals surface area contributed by atoms with Gasteiger partial charge in [-0.2, -0.15) is 0 Å². The summed E-state index contributed by atoms with van der Waals surface area (Å²) in [7, 11) is 1.91. The van der Waals surface area contributed by atoms with E-state index in [9.17, 15) is 4.79 Å². The van der Waals surface area contributed by atoms with Crippen LogP contribution in [0.2, 0.25) is 0 Å². The maximum Gasteiger partial charge on any atom is 0.237 e. The molecule has 1 aromatic heterocycles. The van der Waals surface area contributed by atoms with Gasteiger partial charge in [-0.05, 0) is 52.3 Å². The molecule has 0 unspecified atom stereocenters. The van der Waals surface area contributed by atoms with Gasteiger partial charge in [0.1, 0.15) is 5.82 Å². The van der Waals surface area contributed by atoms with Gasteiger partial charge in [0.25, 0.3) is 0 Å². The van der Waals surface area contributed by atoms with Crippen LogP contribution < -0.4 is 10.2 Å². The molecule has 3 rings (SSSR count). The first-order valence-corrected chi connectivity index (χ1v) is 7.19. The SMILES string of the molecule is CNCc1ccc2c(c1)CC(=O)N2c1ccc(Br)cn1. The van der Waals surface area contributed by atoms with Crippen molar-refractivity contribution in [2.24, 2.45) is 0 Å². The molecule has 0 fully saturated rings. The minimum absolute atomic E-state index is 0.0661. The molecular formula is C15H14BrN3O. The Morgan fingerprint density at radius 1 is 1.35 bits per heavy atom. The van der Waals surface area contributed by atoms with Crippen LogP contribution in [0.25, 0.3) is 0 Å². The van der Waals surface area contributed by atoms with Crippen LogP contribution in [-0.4, -0.2) is 17.9 Å². The van der Waals surface area contributed by atoms with Crippen molar-refractivity contribution in [2.75, 3.05) is 11.9 Å². The number of anilines is 2. The van der Waals surface area contributed by atoms with Gasteiger partial charge in [-0.15, -0.1) is 0 Å². The first-order chi connectivity index (χ1) is 9.69. The molecular weight excluding hydrogens is 318 g/mol. The van der Waals surface area contributed by atoms with E-state index in [1.165, 1.54) is 5.56 Å². The molecule has 1 aromatic carbocycles. The van der Waals surface area contributed by atoms with Gasteiger partial charge in [0.15, 0.2) is 0 Å². The summed E-state index contributed by atoms with van der Waals surface area (Å²) in [6.07, 6.45) is 2.14. The summed E-state index contributed by atoms with van der Waals surface area (Å²) in [5.41, 5.74) is 3.18. The largest absolute Gasteiger partial charge is 0.316 e. The van der Waals surface area contributed by atoms with E-state index in [4.69, 9.17) is 0 Å². The number of halogens is 1. The number of carbonyl (C=O) groups excluding carboxylic acids is 1. The molecule has 1 amide bonds. The van der Waals surface area contributed by atoms with Crippen molar-refractivity contribution in [3.05, 3.63) is 52.1 Å². The summed E-state index contributed by atoms with van der Waals surface area (Å²) in [5, 5.41) is 3.12. The maximum absolute atomic E-state index is 12.2. The molecule has 0 aliphatic carbocycles. The molecule has 1 N–H and O–H groups in total. The van der Waals surface area contributed by atoms with Crippen LogP contribution in [0, 0.1) is 0 Å². The minimum atomic E-state index is 0.0661. The van der Waals surface area contributed by atoms with E-state index in [2.05, 4.69) is 32.3 Å². The Morgan fingerprint density at radius 2 is 2.20 bits per heavy atom. The number of aromatic nitrogens is 1. The van der Waals surface area contributed by atoms with E-state index in [1.54, 1.807) is 11.1 Å². The van der Waals surface area contributed by atoms with E-state index < -0.39 is 0 Å². The van der Waals surface area contributed by atoms with Gasteiger partial charge in [-0.25, -0.2) is 4.98 Å². The number of hydrogen-bond donors (Lipinski definition) is 1. The molecule has 1 aliphatic heterocycles. The molecule has 0 saturated carbocycles. The topological polar surface area (TPSA) is 45.2 Å². The summed E-state index contributed by atoms with van der Waals surface area (Å²) in [4.78, 5) is 18.2. The monoisotopic (exact) mass is 331 g/mol. The Kier molecular flexibility index (Phi) is 3.54. The average Bonchev–Trinajstić information content (AvgIpc) is 2.75. The first-order valence-electron chi connectivity index (χ1n) is 6.40. The van der Waals surface area contributed by atoms with Crippen molar-refractivity contribution in [3.8, 4) is 0 Å². The van der Waals surface area contributed by atoms with E-state index in [0.29, 0.717) is 12.2 Å². The van der Waals surface area contributed by atoms with Gasteiger partial charge < -0.3 is 5.32 Å². The zero-order chi connectivity index (χ0) is 14.1. The summed E-state index contributed by atoms with van der Waals surface area (Å²) in [5.74, 6) is 0.731. The van der Waals surface area contributed by atoms with Gasteiger partial charge in [-0.1, -0.05) is 12.1 Å².